The zero-order chi connectivity index (χ0) is 17.1. The van der Waals surface area contributed by atoms with E-state index in [0.29, 0.717) is 23.9 Å². The van der Waals surface area contributed by atoms with E-state index in [2.05, 4.69) is 24.9 Å². The summed E-state index contributed by atoms with van der Waals surface area (Å²) >= 11 is 0. The highest BCUT2D eigenvalue weighted by molar-refractivity contribution is 5.32. The number of aryl methyl sites for hydroxylation is 1. The molecule has 7 nitrogen and oxygen atoms in total. The normalized spacial score (nSPS) is 16.0. The van der Waals surface area contributed by atoms with Crippen molar-refractivity contribution in [3.05, 3.63) is 29.7 Å². The van der Waals surface area contributed by atoms with Crippen molar-refractivity contribution in [1.82, 2.24) is 24.6 Å². The van der Waals surface area contributed by atoms with Gasteiger partial charge in [-0.1, -0.05) is 0 Å². The summed E-state index contributed by atoms with van der Waals surface area (Å²) in [6.07, 6.45) is 0.782. The molecule has 3 rings (SSSR count). The highest BCUT2D eigenvalue weighted by atomic mass is 19.3. The number of hydrogen-bond donors (Lipinski definition) is 0. The molecule has 3 heterocycles. The van der Waals surface area contributed by atoms with Crippen molar-refractivity contribution in [1.29, 1.82) is 0 Å². The first-order valence-electron chi connectivity index (χ1n) is 7.71. The molecule has 0 saturated carbocycles. The Balaban J connectivity index is 1.61. The van der Waals surface area contributed by atoms with Gasteiger partial charge in [0.25, 0.3) is 6.43 Å². The third kappa shape index (κ3) is 3.61. The van der Waals surface area contributed by atoms with Gasteiger partial charge in [-0.2, -0.15) is 10.1 Å². The van der Waals surface area contributed by atoms with Crippen LogP contribution in [0.2, 0.25) is 0 Å². The summed E-state index contributed by atoms with van der Waals surface area (Å²) in [7, 11) is 3.23. The number of halogens is 2. The van der Waals surface area contributed by atoms with Gasteiger partial charge in [-0.05, 0) is 0 Å². The Morgan fingerprint density at radius 2 is 2.00 bits per heavy atom. The Kier molecular flexibility index (Phi) is 4.89. The van der Waals surface area contributed by atoms with E-state index in [0.717, 1.165) is 26.2 Å². The van der Waals surface area contributed by atoms with Crippen molar-refractivity contribution in [2.75, 3.05) is 38.2 Å². The van der Waals surface area contributed by atoms with Crippen LogP contribution < -0.4 is 9.64 Å². The predicted molar refractivity (Wildman–Crippen MR) is 84.2 cm³/mol. The molecular weight excluding hydrogens is 318 g/mol. The molecule has 0 aromatic carbocycles. The molecule has 0 aliphatic carbocycles. The lowest BCUT2D eigenvalue weighted by Gasteiger charge is -2.34. The number of piperazine rings is 1. The van der Waals surface area contributed by atoms with E-state index < -0.39 is 6.43 Å². The fourth-order valence-electron chi connectivity index (χ4n) is 2.81. The van der Waals surface area contributed by atoms with Crippen molar-refractivity contribution in [2.24, 2.45) is 7.05 Å². The van der Waals surface area contributed by atoms with Gasteiger partial charge in [-0.15, -0.1) is 0 Å². The molecule has 0 atom stereocenters. The number of rotatable bonds is 5. The summed E-state index contributed by atoms with van der Waals surface area (Å²) in [5.74, 6) is 1.16. The molecule has 0 unspecified atom stereocenters. The Morgan fingerprint density at radius 1 is 1.25 bits per heavy atom. The van der Waals surface area contributed by atoms with Crippen LogP contribution in [0, 0.1) is 0 Å². The molecule has 0 spiro atoms. The smallest absolute Gasteiger partial charge is 0.282 e. The Hall–Kier alpha value is -2.29. The largest absolute Gasteiger partial charge is 0.481 e. The number of hydrogen-bond acceptors (Lipinski definition) is 6. The molecule has 0 radical (unpaired) electrons. The molecular formula is C15H20F2N6O. The first kappa shape index (κ1) is 16.6. The molecule has 2 aromatic rings. The van der Waals surface area contributed by atoms with E-state index in [4.69, 9.17) is 4.74 Å². The van der Waals surface area contributed by atoms with E-state index in [1.165, 1.54) is 4.68 Å². The number of alkyl halides is 2. The molecule has 0 amide bonds. The van der Waals surface area contributed by atoms with Crippen molar-refractivity contribution in [2.45, 2.75) is 13.0 Å². The second-order valence-corrected chi connectivity index (χ2v) is 5.68. The van der Waals surface area contributed by atoms with Gasteiger partial charge in [0, 0.05) is 63.8 Å². The van der Waals surface area contributed by atoms with Gasteiger partial charge in [0.15, 0.2) is 0 Å². The summed E-state index contributed by atoms with van der Waals surface area (Å²) in [6, 6.07) is 1.70. The molecule has 130 valence electrons. The van der Waals surface area contributed by atoms with Crippen LogP contribution in [0.5, 0.6) is 5.88 Å². The Labute approximate surface area is 138 Å². The van der Waals surface area contributed by atoms with Crippen LogP contribution in [-0.2, 0) is 13.6 Å². The van der Waals surface area contributed by atoms with E-state index in [1.54, 1.807) is 32.6 Å². The van der Waals surface area contributed by atoms with Gasteiger partial charge in [0.1, 0.15) is 5.69 Å². The van der Waals surface area contributed by atoms with Crippen molar-refractivity contribution in [3.63, 3.8) is 0 Å². The molecule has 2 aromatic heterocycles. The predicted octanol–water partition coefficient (Wildman–Crippen LogP) is 1.48. The van der Waals surface area contributed by atoms with Gasteiger partial charge in [-0.25, -0.2) is 13.8 Å². The van der Waals surface area contributed by atoms with Crippen LogP contribution in [-0.4, -0.2) is 57.9 Å². The molecule has 1 fully saturated rings. The average molecular weight is 338 g/mol. The number of ether oxygens (including phenoxy) is 1. The summed E-state index contributed by atoms with van der Waals surface area (Å²) in [5, 5.41) is 3.85. The summed E-state index contributed by atoms with van der Waals surface area (Å²) in [4.78, 5) is 12.8. The number of nitrogens with zero attached hydrogens (tertiary/aromatic N) is 6. The van der Waals surface area contributed by atoms with Gasteiger partial charge in [-0.3, -0.25) is 9.58 Å². The zero-order valence-corrected chi connectivity index (χ0v) is 13.7. The van der Waals surface area contributed by atoms with Gasteiger partial charge in [0.05, 0.1) is 7.11 Å². The lowest BCUT2D eigenvalue weighted by Crippen LogP contribution is -2.46. The van der Waals surface area contributed by atoms with Crippen LogP contribution >= 0.6 is 0 Å². The van der Waals surface area contributed by atoms with E-state index in [-0.39, 0.29) is 5.69 Å². The maximum absolute atomic E-state index is 13.0. The number of aromatic nitrogens is 4. The molecule has 0 N–H and O–H groups in total. The van der Waals surface area contributed by atoms with Crippen molar-refractivity contribution < 1.29 is 13.5 Å². The minimum Gasteiger partial charge on any atom is -0.481 e. The molecule has 1 saturated heterocycles. The topological polar surface area (TPSA) is 59.3 Å². The highest BCUT2D eigenvalue weighted by Crippen LogP contribution is 2.23. The SMILES string of the molecule is COc1ccnc(N2CCN(Cc3cn(C)nc3C(F)F)CC2)n1. The van der Waals surface area contributed by atoms with Crippen LogP contribution in [0.4, 0.5) is 14.7 Å². The molecule has 1 aliphatic rings. The second kappa shape index (κ2) is 7.08. The van der Waals surface area contributed by atoms with Gasteiger partial charge >= 0.3 is 0 Å². The molecule has 0 bridgehead atoms. The van der Waals surface area contributed by atoms with Gasteiger partial charge in [0.2, 0.25) is 11.8 Å². The van der Waals surface area contributed by atoms with Crippen LogP contribution in [0.25, 0.3) is 0 Å². The Bertz CT molecular complexity index is 684. The fraction of sp³-hybridized carbons (Fsp3) is 0.533. The summed E-state index contributed by atoms with van der Waals surface area (Å²) < 4.78 is 32.6. The quantitative estimate of drug-likeness (QED) is 0.823. The summed E-state index contributed by atoms with van der Waals surface area (Å²) in [5.41, 5.74) is 0.453. The fourth-order valence-corrected chi connectivity index (χ4v) is 2.81. The zero-order valence-electron chi connectivity index (χ0n) is 13.7. The third-order valence-corrected chi connectivity index (χ3v) is 4.02. The molecule has 9 heteroatoms. The van der Waals surface area contributed by atoms with Crippen LogP contribution in [0.3, 0.4) is 0 Å². The van der Waals surface area contributed by atoms with E-state index in [1.807, 2.05) is 0 Å². The van der Waals surface area contributed by atoms with E-state index >= 15 is 0 Å². The summed E-state index contributed by atoms with van der Waals surface area (Å²) in [6.45, 7) is 3.44. The molecule has 24 heavy (non-hydrogen) atoms. The molecule has 1 aliphatic heterocycles. The first-order valence-corrected chi connectivity index (χ1v) is 7.71. The van der Waals surface area contributed by atoms with E-state index in [9.17, 15) is 8.78 Å². The standard InChI is InChI=1S/C15H20F2N6O/c1-21-9-11(13(20-21)14(16)17)10-22-5-7-23(8-6-22)15-18-4-3-12(19-15)24-2/h3-4,9,14H,5-8,10H2,1-2H3. The van der Waals surface area contributed by atoms with Crippen molar-refractivity contribution in [3.8, 4) is 5.88 Å². The second-order valence-electron chi connectivity index (χ2n) is 5.68. The average Bonchev–Trinajstić information content (AvgIpc) is 2.96. The monoisotopic (exact) mass is 338 g/mol. The van der Waals surface area contributed by atoms with Crippen LogP contribution in [0.1, 0.15) is 17.7 Å². The van der Waals surface area contributed by atoms with Gasteiger partial charge < -0.3 is 9.64 Å². The van der Waals surface area contributed by atoms with Crippen molar-refractivity contribution >= 4 is 5.95 Å². The maximum atomic E-state index is 13.0. The minimum atomic E-state index is -2.55. The minimum absolute atomic E-state index is 0.129. The lowest BCUT2D eigenvalue weighted by atomic mass is 10.2. The number of anilines is 1. The lowest BCUT2D eigenvalue weighted by molar-refractivity contribution is 0.142. The highest BCUT2D eigenvalue weighted by Gasteiger charge is 2.23. The first-order chi connectivity index (χ1) is 11.6. The Morgan fingerprint density at radius 3 is 2.67 bits per heavy atom. The number of methoxy groups -OCH3 is 1. The van der Waals surface area contributed by atoms with Crippen LogP contribution in [0.15, 0.2) is 18.5 Å². The maximum Gasteiger partial charge on any atom is 0.282 e. The third-order valence-electron chi connectivity index (χ3n) is 4.02.